The zero-order chi connectivity index (χ0) is 17.3. The van der Waals surface area contributed by atoms with Crippen molar-refractivity contribution in [3.05, 3.63) is 24.3 Å². The molecule has 0 radical (unpaired) electrons. The van der Waals surface area contributed by atoms with Crippen LogP contribution in [0.1, 0.15) is 0 Å². The molecule has 4 nitrogen and oxygen atoms in total. The molecule has 7 heteroatoms. The summed E-state index contributed by atoms with van der Waals surface area (Å²) in [7, 11) is 16.5. The van der Waals surface area contributed by atoms with Gasteiger partial charge in [0.2, 0.25) is 0 Å². The first-order chi connectivity index (χ1) is 10.8. The highest BCUT2D eigenvalue weighted by Crippen LogP contribution is 2.48. The summed E-state index contributed by atoms with van der Waals surface area (Å²) < 4.78 is 12.4. The van der Waals surface area contributed by atoms with Gasteiger partial charge in [-0.25, -0.2) is 0 Å². The van der Waals surface area contributed by atoms with Gasteiger partial charge in [-0.3, -0.25) is 18.7 Å². The van der Waals surface area contributed by atoms with E-state index in [9.17, 15) is 0 Å². The third-order valence-corrected chi connectivity index (χ3v) is 10.00. The maximum atomic E-state index is 2.37. The molecule has 0 unspecified atom stereocenters. The van der Waals surface area contributed by atoms with Crippen molar-refractivity contribution in [2.24, 2.45) is 0 Å². The van der Waals surface area contributed by atoms with Gasteiger partial charge in [0.05, 0.1) is 21.1 Å². The molecule has 0 aliphatic rings. The molecule has 0 bridgehead atoms. The Morgan fingerprint density at radius 3 is 1.65 bits per heavy atom. The maximum Gasteiger partial charge on any atom is 0.0827 e. The fourth-order valence-electron chi connectivity index (χ4n) is 2.83. The molecule has 1 heterocycles. The topological polar surface area (TPSA) is 13.0 Å². The third kappa shape index (κ3) is 3.93. The molecule has 0 fully saturated rings. The van der Waals surface area contributed by atoms with Crippen molar-refractivity contribution in [2.45, 2.75) is 0 Å². The van der Waals surface area contributed by atoms with Gasteiger partial charge in [-0.15, -0.1) is 11.3 Å². The summed E-state index contributed by atoms with van der Waals surface area (Å²) in [5.41, 5.74) is 0. The van der Waals surface area contributed by atoms with E-state index >= 15 is 0 Å². The Hall–Kier alpha value is -0.120. The van der Waals surface area contributed by atoms with Crippen LogP contribution in [-0.4, -0.2) is 75.1 Å². The lowest BCUT2D eigenvalue weighted by molar-refractivity contribution is 0.582. The third-order valence-electron chi connectivity index (χ3n) is 3.45. The summed E-state index contributed by atoms with van der Waals surface area (Å²) >= 11 is 1.96. The van der Waals surface area contributed by atoms with Crippen LogP contribution < -0.4 is 9.92 Å². The molecule has 2 rings (SSSR count). The number of rotatable bonds is 6. The average molecular weight is 370 g/mol. The fourth-order valence-corrected chi connectivity index (χ4v) is 10.1. The van der Waals surface area contributed by atoms with Crippen LogP contribution in [0.2, 0.25) is 0 Å². The fraction of sp³-hybridized carbons (Fsp3) is 0.500. The summed E-state index contributed by atoms with van der Waals surface area (Å²) in [6.45, 7) is 0. The molecule has 1 aromatic carbocycles. The van der Waals surface area contributed by atoms with E-state index in [4.69, 9.17) is 0 Å². The van der Waals surface area contributed by atoms with Gasteiger partial charge in [-0.2, -0.15) is 0 Å². The van der Waals surface area contributed by atoms with Crippen molar-refractivity contribution < 1.29 is 0 Å². The van der Waals surface area contributed by atoms with Gasteiger partial charge in [0.25, 0.3) is 0 Å². The van der Waals surface area contributed by atoms with E-state index in [1.807, 2.05) is 11.3 Å². The van der Waals surface area contributed by atoms with Crippen LogP contribution in [0.3, 0.4) is 0 Å². The van der Waals surface area contributed by atoms with Gasteiger partial charge < -0.3 is 0 Å². The molecule has 0 amide bonds. The molecule has 0 atom stereocenters. The standard InChI is InChI=1S/C16H28N4P2S/c1-17(2)21(18(3)4)15-13-11-9-10-12-14(13)23-16(15)22(19(5)6)20(7)8/h9-12H,1-8H3. The molecule has 2 aromatic rings. The van der Waals surface area contributed by atoms with Crippen LogP contribution in [-0.2, 0) is 0 Å². The van der Waals surface area contributed by atoms with Crippen molar-refractivity contribution in [2.75, 3.05) is 56.4 Å². The Kier molecular flexibility index (Phi) is 6.55. The summed E-state index contributed by atoms with van der Waals surface area (Å²) in [6, 6.07) is 8.85. The van der Waals surface area contributed by atoms with Gasteiger partial charge in [-0.1, -0.05) is 18.2 Å². The van der Waals surface area contributed by atoms with Gasteiger partial charge in [0.1, 0.15) is 0 Å². The molecule has 0 N–H and O–H groups in total. The minimum Gasteiger partial charge on any atom is -0.272 e. The lowest BCUT2D eigenvalue weighted by Crippen LogP contribution is -2.34. The van der Waals surface area contributed by atoms with E-state index in [-0.39, 0.29) is 0 Å². The average Bonchev–Trinajstić information content (AvgIpc) is 2.76. The van der Waals surface area contributed by atoms with Crippen LogP contribution in [0.15, 0.2) is 24.3 Å². The van der Waals surface area contributed by atoms with E-state index in [1.165, 1.54) is 20.0 Å². The van der Waals surface area contributed by atoms with Crippen molar-refractivity contribution in [3.8, 4) is 0 Å². The highest BCUT2D eigenvalue weighted by atomic mass is 32.1. The Balaban J connectivity index is 2.76. The number of nitrogens with zero attached hydrogens (tertiary/aromatic N) is 4. The SMILES string of the molecule is CN(C)P(c1sc2ccccc2c1P(N(C)C)N(C)C)N(C)C. The molecule has 128 valence electrons. The van der Waals surface area contributed by atoms with Crippen molar-refractivity contribution in [1.82, 2.24) is 18.7 Å². The molecular weight excluding hydrogens is 342 g/mol. The molecule has 0 saturated heterocycles. The summed E-state index contributed by atoms with van der Waals surface area (Å²) in [4.78, 5) is 0. The first-order valence-electron chi connectivity index (χ1n) is 7.56. The minimum absolute atomic E-state index is 0.475. The number of hydrogen-bond acceptors (Lipinski definition) is 5. The summed E-state index contributed by atoms with van der Waals surface area (Å²) in [5.74, 6) is 0. The highest BCUT2D eigenvalue weighted by molar-refractivity contribution is 7.73. The van der Waals surface area contributed by atoms with E-state index in [2.05, 4.69) is 99.3 Å². The molecule has 1 aromatic heterocycles. The van der Waals surface area contributed by atoms with Crippen LogP contribution >= 0.6 is 27.8 Å². The zero-order valence-corrected chi connectivity index (χ0v) is 18.0. The predicted molar refractivity (Wildman–Crippen MR) is 110 cm³/mol. The second-order valence-corrected chi connectivity index (χ2v) is 12.8. The number of hydrogen-bond donors (Lipinski definition) is 0. The molecule has 23 heavy (non-hydrogen) atoms. The van der Waals surface area contributed by atoms with Crippen molar-refractivity contribution in [1.29, 1.82) is 0 Å². The van der Waals surface area contributed by atoms with Crippen molar-refractivity contribution >= 4 is 47.8 Å². The van der Waals surface area contributed by atoms with Crippen molar-refractivity contribution in [3.63, 3.8) is 0 Å². The van der Waals surface area contributed by atoms with Crippen LogP contribution in [0.25, 0.3) is 10.1 Å². The minimum atomic E-state index is -0.499. The van der Waals surface area contributed by atoms with Gasteiger partial charge in [-0.05, 0) is 62.4 Å². The quantitative estimate of drug-likeness (QED) is 0.725. The maximum absolute atomic E-state index is 2.37. The Morgan fingerprint density at radius 1 is 0.696 bits per heavy atom. The second-order valence-electron chi connectivity index (χ2n) is 6.22. The van der Waals surface area contributed by atoms with Gasteiger partial charge in [0.15, 0.2) is 0 Å². The summed E-state index contributed by atoms with van der Waals surface area (Å²) in [6.07, 6.45) is 0. The van der Waals surface area contributed by atoms with E-state index in [1.54, 1.807) is 0 Å². The monoisotopic (exact) mass is 370 g/mol. The number of fused-ring (bicyclic) bond motifs is 1. The van der Waals surface area contributed by atoms with Crippen LogP contribution in [0, 0.1) is 0 Å². The van der Waals surface area contributed by atoms with Crippen LogP contribution in [0.4, 0.5) is 0 Å². The first kappa shape index (κ1) is 19.2. The molecular formula is C16H28N4P2S. The Labute approximate surface area is 147 Å². The normalized spacial score (nSPS) is 13.0. The van der Waals surface area contributed by atoms with Gasteiger partial charge >= 0.3 is 0 Å². The molecule has 0 saturated carbocycles. The van der Waals surface area contributed by atoms with E-state index < -0.39 is 16.4 Å². The lowest BCUT2D eigenvalue weighted by Gasteiger charge is -2.35. The summed E-state index contributed by atoms with van der Waals surface area (Å²) in [5, 5.41) is 2.93. The van der Waals surface area contributed by atoms with Gasteiger partial charge in [0, 0.05) is 15.4 Å². The molecule has 0 aliphatic carbocycles. The molecule has 0 spiro atoms. The first-order valence-corrected chi connectivity index (χ1v) is 10.9. The van der Waals surface area contributed by atoms with Crippen LogP contribution in [0.5, 0.6) is 0 Å². The largest absolute Gasteiger partial charge is 0.272 e. The Bertz CT molecular complexity index is 639. The Morgan fingerprint density at radius 2 is 1.17 bits per heavy atom. The number of benzene rings is 1. The molecule has 0 aliphatic heterocycles. The lowest BCUT2D eigenvalue weighted by atomic mass is 10.3. The smallest absolute Gasteiger partial charge is 0.0827 e. The highest BCUT2D eigenvalue weighted by Gasteiger charge is 2.31. The van der Waals surface area contributed by atoms with E-state index in [0.717, 1.165) is 0 Å². The number of thiophene rings is 1. The zero-order valence-electron chi connectivity index (χ0n) is 15.4. The predicted octanol–water partition coefficient (Wildman–Crippen LogP) is 3.02. The second kappa shape index (κ2) is 7.84. The van der Waals surface area contributed by atoms with E-state index in [0.29, 0.717) is 0 Å².